The molecule has 0 spiro atoms. The van der Waals surface area contributed by atoms with Crippen molar-refractivity contribution in [1.82, 2.24) is 18.7 Å². The Bertz CT molecular complexity index is 887. The van der Waals surface area contributed by atoms with Gasteiger partial charge in [0.15, 0.2) is 16.9 Å². The summed E-state index contributed by atoms with van der Waals surface area (Å²) in [6, 6.07) is 0. The van der Waals surface area contributed by atoms with Crippen molar-refractivity contribution in [3.05, 3.63) is 26.1 Å². The van der Waals surface area contributed by atoms with E-state index in [1.54, 1.807) is 0 Å². The van der Waals surface area contributed by atoms with E-state index in [1.807, 2.05) is 0 Å². The van der Waals surface area contributed by atoms with Crippen LogP contribution in [-0.2, 0) is 25.4 Å². The van der Waals surface area contributed by atoms with Crippen LogP contribution in [0.25, 0.3) is 11.2 Å². The van der Waals surface area contributed by atoms with Crippen LogP contribution >= 0.6 is 11.6 Å². The Balaban J connectivity index is 2.07. The second-order valence-electron chi connectivity index (χ2n) is 6.15. The summed E-state index contributed by atoms with van der Waals surface area (Å²) < 4.78 is 3.70. The van der Waals surface area contributed by atoms with Crippen molar-refractivity contribution in [3.8, 4) is 0 Å². The number of carbonyl (C=O) groups excluding carboxylic acids is 1. The Morgan fingerprint density at radius 3 is 2.48 bits per heavy atom. The third-order valence-corrected chi connectivity index (χ3v) is 4.96. The van der Waals surface area contributed by atoms with Crippen LogP contribution in [0.3, 0.4) is 0 Å². The number of hydrogen-bond donors (Lipinski definition) is 0. The van der Waals surface area contributed by atoms with E-state index < -0.39 is 11.2 Å². The van der Waals surface area contributed by atoms with E-state index >= 15 is 0 Å². The normalized spacial score (nSPS) is 16.1. The lowest BCUT2D eigenvalue weighted by molar-refractivity contribution is -0.124. The molecule has 1 fully saturated rings. The predicted octanol–water partition coefficient (Wildman–Crippen LogP) is 1.24. The zero-order valence-electron chi connectivity index (χ0n) is 13.2. The van der Waals surface area contributed by atoms with Crippen molar-refractivity contribution < 1.29 is 4.79 Å². The van der Waals surface area contributed by atoms with Crippen molar-refractivity contribution in [2.75, 3.05) is 0 Å². The number of ketones is 1. The Labute approximate surface area is 137 Å². The lowest BCUT2D eigenvalue weighted by Gasteiger charge is -2.20. The zero-order chi connectivity index (χ0) is 16.7. The van der Waals surface area contributed by atoms with Crippen LogP contribution in [0, 0.1) is 5.92 Å². The standard InChI is InChI=1S/C15H19ClN4O3/c1-18-12-11(13(22)19(2)15(18)23)20(14(16)17-12)8-10(21)9-6-4-3-5-7-9/h9H,3-8H2,1-2H3. The molecule has 0 radical (unpaired) electrons. The number of imidazole rings is 1. The van der Waals surface area contributed by atoms with Gasteiger partial charge in [0.2, 0.25) is 5.28 Å². The van der Waals surface area contributed by atoms with Crippen molar-refractivity contribution in [3.63, 3.8) is 0 Å². The molecule has 23 heavy (non-hydrogen) atoms. The second kappa shape index (κ2) is 5.96. The molecule has 3 rings (SSSR count). The maximum absolute atomic E-state index is 12.5. The molecule has 1 aliphatic carbocycles. The van der Waals surface area contributed by atoms with Gasteiger partial charge in [0, 0.05) is 20.0 Å². The minimum absolute atomic E-state index is 0.0213. The highest BCUT2D eigenvalue weighted by atomic mass is 35.5. The smallest absolute Gasteiger partial charge is 0.301 e. The SMILES string of the molecule is Cn1c(=O)c2c(nc(Cl)n2CC(=O)C2CCCCC2)n(C)c1=O. The molecule has 2 heterocycles. The van der Waals surface area contributed by atoms with E-state index in [1.165, 1.54) is 29.7 Å². The minimum Gasteiger partial charge on any atom is -0.301 e. The van der Waals surface area contributed by atoms with Gasteiger partial charge in [-0.05, 0) is 24.4 Å². The van der Waals surface area contributed by atoms with E-state index in [2.05, 4.69) is 4.98 Å². The van der Waals surface area contributed by atoms with E-state index in [9.17, 15) is 14.4 Å². The van der Waals surface area contributed by atoms with E-state index in [0.29, 0.717) is 0 Å². The fourth-order valence-electron chi connectivity index (χ4n) is 3.27. The molecule has 0 amide bonds. The number of fused-ring (bicyclic) bond motifs is 1. The molecule has 0 unspecified atom stereocenters. The number of rotatable bonds is 3. The molecule has 0 saturated heterocycles. The molecular formula is C15H19ClN4O3. The fourth-order valence-corrected chi connectivity index (χ4v) is 3.50. The van der Waals surface area contributed by atoms with Gasteiger partial charge in [0.05, 0.1) is 6.54 Å². The summed E-state index contributed by atoms with van der Waals surface area (Å²) in [5, 5.41) is 0.0578. The maximum atomic E-state index is 12.5. The van der Waals surface area contributed by atoms with Gasteiger partial charge in [-0.2, -0.15) is 4.98 Å². The highest BCUT2D eigenvalue weighted by Gasteiger charge is 2.24. The maximum Gasteiger partial charge on any atom is 0.332 e. The second-order valence-corrected chi connectivity index (χ2v) is 6.48. The summed E-state index contributed by atoms with van der Waals surface area (Å²) in [6.45, 7) is 0.0213. The summed E-state index contributed by atoms with van der Waals surface area (Å²) in [7, 11) is 2.93. The van der Waals surface area contributed by atoms with E-state index in [4.69, 9.17) is 11.6 Å². The average Bonchev–Trinajstić information content (AvgIpc) is 2.88. The van der Waals surface area contributed by atoms with E-state index in [-0.39, 0.29) is 34.7 Å². The van der Waals surface area contributed by atoms with Crippen molar-refractivity contribution in [2.24, 2.45) is 20.0 Å². The molecule has 0 atom stereocenters. The molecule has 1 aliphatic rings. The van der Waals surface area contributed by atoms with Crippen LogP contribution in [0.4, 0.5) is 0 Å². The first-order valence-corrected chi connectivity index (χ1v) is 8.14. The molecule has 8 heteroatoms. The molecule has 124 valence electrons. The predicted molar refractivity (Wildman–Crippen MR) is 86.8 cm³/mol. The summed E-state index contributed by atoms with van der Waals surface area (Å²) in [5.41, 5.74) is -0.551. The summed E-state index contributed by atoms with van der Waals surface area (Å²) in [4.78, 5) is 41.0. The van der Waals surface area contributed by atoms with Gasteiger partial charge in [-0.3, -0.25) is 18.7 Å². The van der Waals surface area contributed by atoms with E-state index in [0.717, 1.165) is 30.3 Å². The fraction of sp³-hybridized carbons (Fsp3) is 0.600. The quantitative estimate of drug-likeness (QED) is 0.789. The number of nitrogens with zero attached hydrogens (tertiary/aromatic N) is 4. The Kier molecular flexibility index (Phi) is 4.14. The molecule has 0 aliphatic heterocycles. The van der Waals surface area contributed by atoms with Crippen LogP contribution in [0.15, 0.2) is 9.59 Å². The molecule has 0 N–H and O–H groups in total. The summed E-state index contributed by atoms with van der Waals surface area (Å²) in [6.07, 6.45) is 5.07. The first kappa shape index (κ1) is 16.0. The summed E-state index contributed by atoms with van der Waals surface area (Å²) >= 11 is 6.14. The molecule has 7 nitrogen and oxygen atoms in total. The van der Waals surface area contributed by atoms with Gasteiger partial charge in [-0.15, -0.1) is 0 Å². The molecular weight excluding hydrogens is 320 g/mol. The Morgan fingerprint density at radius 1 is 1.17 bits per heavy atom. The monoisotopic (exact) mass is 338 g/mol. The third-order valence-electron chi connectivity index (χ3n) is 4.68. The number of halogens is 1. The lowest BCUT2D eigenvalue weighted by atomic mass is 9.86. The molecule has 1 saturated carbocycles. The average molecular weight is 339 g/mol. The van der Waals surface area contributed by atoms with Crippen LogP contribution in [0.2, 0.25) is 5.28 Å². The van der Waals surface area contributed by atoms with Gasteiger partial charge < -0.3 is 4.57 Å². The van der Waals surface area contributed by atoms with Crippen LogP contribution in [0.1, 0.15) is 32.1 Å². The molecule has 2 aromatic heterocycles. The minimum atomic E-state index is -0.487. The molecule has 2 aromatic rings. The molecule has 0 bridgehead atoms. The lowest BCUT2D eigenvalue weighted by Crippen LogP contribution is -2.38. The van der Waals surface area contributed by atoms with Gasteiger partial charge in [0.1, 0.15) is 0 Å². The topological polar surface area (TPSA) is 78.9 Å². The van der Waals surface area contributed by atoms with Gasteiger partial charge in [-0.1, -0.05) is 19.3 Å². The Morgan fingerprint density at radius 2 is 1.83 bits per heavy atom. The number of carbonyl (C=O) groups is 1. The zero-order valence-corrected chi connectivity index (χ0v) is 14.0. The van der Waals surface area contributed by atoms with Gasteiger partial charge in [0.25, 0.3) is 5.56 Å². The van der Waals surface area contributed by atoms with Crippen molar-refractivity contribution in [1.29, 1.82) is 0 Å². The van der Waals surface area contributed by atoms with Gasteiger partial charge in [-0.25, -0.2) is 4.79 Å². The summed E-state index contributed by atoms with van der Waals surface area (Å²) in [5.74, 6) is 0.0930. The largest absolute Gasteiger partial charge is 0.332 e. The number of hydrogen-bond acceptors (Lipinski definition) is 4. The highest BCUT2D eigenvalue weighted by molar-refractivity contribution is 6.29. The van der Waals surface area contributed by atoms with Gasteiger partial charge >= 0.3 is 5.69 Å². The third kappa shape index (κ3) is 2.63. The first-order chi connectivity index (χ1) is 10.9. The number of aryl methyl sites for hydroxylation is 1. The number of Topliss-reactive ketones (excluding diaryl/α,β-unsaturated/α-hetero) is 1. The van der Waals surface area contributed by atoms with Crippen molar-refractivity contribution in [2.45, 2.75) is 38.6 Å². The van der Waals surface area contributed by atoms with Crippen LogP contribution < -0.4 is 11.2 Å². The van der Waals surface area contributed by atoms with Crippen LogP contribution in [-0.4, -0.2) is 24.5 Å². The first-order valence-electron chi connectivity index (χ1n) is 7.76. The highest BCUT2D eigenvalue weighted by Crippen LogP contribution is 2.26. The molecule has 0 aromatic carbocycles. The van der Waals surface area contributed by atoms with Crippen molar-refractivity contribution >= 4 is 28.5 Å². The van der Waals surface area contributed by atoms with Crippen LogP contribution in [0.5, 0.6) is 0 Å². The Hall–Kier alpha value is -1.89. The number of aromatic nitrogens is 4.